The second-order valence-corrected chi connectivity index (χ2v) is 6.56. The average molecular weight is 359 g/mol. The molecule has 1 aliphatic rings. The Hall–Kier alpha value is -2.54. The number of aromatic nitrogens is 1. The predicted octanol–water partition coefficient (Wildman–Crippen LogP) is 1.90. The lowest BCUT2D eigenvalue weighted by Gasteiger charge is -2.27. The minimum Gasteiger partial charge on any atom is -0.459 e. The number of furan rings is 1. The molecule has 2 aromatic rings. The minimum absolute atomic E-state index is 0.0177. The molecule has 140 valence electrons. The van der Waals surface area contributed by atoms with Crippen molar-refractivity contribution in [3.63, 3.8) is 0 Å². The molecule has 0 aliphatic heterocycles. The van der Waals surface area contributed by atoms with Crippen LogP contribution in [0.2, 0.25) is 0 Å². The van der Waals surface area contributed by atoms with Crippen molar-refractivity contribution in [2.24, 2.45) is 7.05 Å². The lowest BCUT2D eigenvalue weighted by atomic mass is 10.3. The lowest BCUT2D eigenvalue weighted by Crippen LogP contribution is -2.44. The molecule has 26 heavy (non-hydrogen) atoms. The number of carbonyl (C=O) groups is 2. The van der Waals surface area contributed by atoms with Crippen LogP contribution in [0.4, 0.5) is 0 Å². The van der Waals surface area contributed by atoms with E-state index >= 15 is 0 Å². The quantitative estimate of drug-likeness (QED) is 0.686. The monoisotopic (exact) mass is 359 g/mol. The van der Waals surface area contributed by atoms with Crippen molar-refractivity contribution in [2.75, 3.05) is 26.8 Å². The first-order chi connectivity index (χ1) is 12.6. The Labute approximate surface area is 153 Å². The van der Waals surface area contributed by atoms with E-state index in [2.05, 4.69) is 0 Å². The van der Waals surface area contributed by atoms with Crippen LogP contribution in [0.1, 0.15) is 29.1 Å². The van der Waals surface area contributed by atoms with E-state index < -0.39 is 0 Å². The van der Waals surface area contributed by atoms with Gasteiger partial charge in [-0.3, -0.25) is 9.59 Å². The molecular weight excluding hydrogens is 334 g/mol. The van der Waals surface area contributed by atoms with Crippen LogP contribution in [0, 0.1) is 0 Å². The van der Waals surface area contributed by atoms with Crippen molar-refractivity contribution < 1.29 is 18.7 Å². The van der Waals surface area contributed by atoms with E-state index in [0.29, 0.717) is 19.7 Å². The van der Waals surface area contributed by atoms with Crippen LogP contribution in [-0.2, 0) is 23.1 Å². The number of amides is 2. The summed E-state index contributed by atoms with van der Waals surface area (Å²) < 4.78 is 12.3. The maximum absolute atomic E-state index is 13.0. The number of ether oxygens (including phenoxy) is 1. The average Bonchev–Trinajstić information content (AvgIpc) is 3.16. The maximum atomic E-state index is 13.0. The standard InChI is InChI=1S/C19H25N3O4/c1-20-9-3-5-16(20)13-22(15-7-8-15)18(23)14-21(10-12-25-2)19(24)17-6-4-11-26-17/h3-6,9,11,15H,7-8,10,12-14H2,1-2H3. The Morgan fingerprint density at radius 2 is 2.12 bits per heavy atom. The number of carbonyl (C=O) groups excluding carboxylic acids is 2. The van der Waals surface area contributed by atoms with Crippen molar-refractivity contribution in [1.29, 1.82) is 0 Å². The van der Waals surface area contributed by atoms with Crippen LogP contribution in [0.15, 0.2) is 41.1 Å². The van der Waals surface area contributed by atoms with Gasteiger partial charge in [-0.1, -0.05) is 0 Å². The Morgan fingerprint density at radius 3 is 2.69 bits per heavy atom. The molecule has 0 unspecified atom stereocenters. The van der Waals surface area contributed by atoms with Gasteiger partial charge in [0.1, 0.15) is 6.54 Å². The van der Waals surface area contributed by atoms with Crippen molar-refractivity contribution in [1.82, 2.24) is 14.4 Å². The Balaban J connectivity index is 1.70. The highest BCUT2D eigenvalue weighted by Gasteiger charge is 2.34. The zero-order valence-electron chi connectivity index (χ0n) is 15.3. The first-order valence-electron chi connectivity index (χ1n) is 8.81. The topological polar surface area (TPSA) is 67.9 Å². The smallest absolute Gasteiger partial charge is 0.290 e. The van der Waals surface area contributed by atoms with Crippen LogP contribution >= 0.6 is 0 Å². The molecule has 0 radical (unpaired) electrons. The van der Waals surface area contributed by atoms with E-state index in [-0.39, 0.29) is 30.2 Å². The number of methoxy groups -OCH3 is 1. The fourth-order valence-corrected chi connectivity index (χ4v) is 2.91. The van der Waals surface area contributed by atoms with Gasteiger partial charge in [0.25, 0.3) is 5.91 Å². The summed E-state index contributed by atoms with van der Waals surface area (Å²) >= 11 is 0. The fourth-order valence-electron chi connectivity index (χ4n) is 2.91. The maximum Gasteiger partial charge on any atom is 0.290 e. The summed E-state index contributed by atoms with van der Waals surface area (Å²) in [7, 11) is 3.54. The molecule has 1 fully saturated rings. The van der Waals surface area contributed by atoms with Gasteiger partial charge in [-0.15, -0.1) is 0 Å². The molecule has 0 N–H and O–H groups in total. The van der Waals surface area contributed by atoms with E-state index in [9.17, 15) is 9.59 Å². The number of rotatable bonds is 9. The SMILES string of the molecule is COCCN(CC(=O)N(Cc1cccn1C)C1CC1)C(=O)c1ccco1. The van der Waals surface area contributed by atoms with Crippen LogP contribution in [0.3, 0.4) is 0 Å². The highest BCUT2D eigenvalue weighted by molar-refractivity contribution is 5.94. The minimum atomic E-state index is -0.296. The van der Waals surface area contributed by atoms with Crippen LogP contribution in [0.5, 0.6) is 0 Å². The van der Waals surface area contributed by atoms with Crippen LogP contribution < -0.4 is 0 Å². The molecule has 0 bridgehead atoms. The molecule has 1 aliphatic carbocycles. The van der Waals surface area contributed by atoms with E-state index in [1.54, 1.807) is 19.2 Å². The van der Waals surface area contributed by atoms with Gasteiger partial charge < -0.3 is 23.5 Å². The van der Waals surface area contributed by atoms with E-state index in [1.165, 1.54) is 11.2 Å². The third-order valence-corrected chi connectivity index (χ3v) is 4.60. The molecule has 0 spiro atoms. The van der Waals surface area contributed by atoms with Gasteiger partial charge in [0, 0.05) is 38.6 Å². The van der Waals surface area contributed by atoms with Crippen molar-refractivity contribution in [3.8, 4) is 0 Å². The van der Waals surface area contributed by atoms with Gasteiger partial charge in [-0.2, -0.15) is 0 Å². The van der Waals surface area contributed by atoms with Gasteiger partial charge in [0.2, 0.25) is 5.91 Å². The molecule has 0 saturated heterocycles. The number of hydrogen-bond donors (Lipinski definition) is 0. The molecule has 2 heterocycles. The third-order valence-electron chi connectivity index (χ3n) is 4.60. The Morgan fingerprint density at radius 1 is 1.31 bits per heavy atom. The zero-order chi connectivity index (χ0) is 18.5. The lowest BCUT2D eigenvalue weighted by molar-refractivity contribution is -0.133. The summed E-state index contributed by atoms with van der Waals surface area (Å²) in [5.41, 5.74) is 1.08. The summed E-state index contributed by atoms with van der Waals surface area (Å²) in [6.07, 6.45) is 5.45. The molecule has 0 aromatic carbocycles. The van der Waals surface area contributed by atoms with Gasteiger partial charge in [0.15, 0.2) is 5.76 Å². The summed E-state index contributed by atoms with van der Waals surface area (Å²) in [4.78, 5) is 29.0. The normalized spacial score (nSPS) is 13.6. The Bertz CT molecular complexity index is 734. The van der Waals surface area contributed by atoms with Gasteiger partial charge in [-0.05, 0) is 37.1 Å². The number of aryl methyl sites for hydroxylation is 1. The molecule has 2 amide bonds. The summed E-state index contributed by atoms with van der Waals surface area (Å²) in [5.74, 6) is -0.117. The molecule has 2 aromatic heterocycles. The van der Waals surface area contributed by atoms with Gasteiger partial charge >= 0.3 is 0 Å². The largest absolute Gasteiger partial charge is 0.459 e. The van der Waals surface area contributed by atoms with Crippen molar-refractivity contribution in [2.45, 2.75) is 25.4 Å². The molecule has 0 atom stereocenters. The molecular formula is C19H25N3O4. The second-order valence-electron chi connectivity index (χ2n) is 6.56. The highest BCUT2D eigenvalue weighted by Crippen LogP contribution is 2.28. The first-order valence-corrected chi connectivity index (χ1v) is 8.81. The summed E-state index contributed by atoms with van der Waals surface area (Å²) in [6.45, 7) is 1.27. The Kier molecular flexibility index (Phi) is 5.78. The highest BCUT2D eigenvalue weighted by atomic mass is 16.5. The van der Waals surface area contributed by atoms with Crippen molar-refractivity contribution in [3.05, 3.63) is 48.2 Å². The molecule has 3 rings (SSSR count). The molecule has 1 saturated carbocycles. The number of nitrogens with zero attached hydrogens (tertiary/aromatic N) is 3. The van der Waals surface area contributed by atoms with E-state index in [0.717, 1.165) is 18.5 Å². The molecule has 7 heteroatoms. The second kappa shape index (κ2) is 8.23. The summed E-state index contributed by atoms with van der Waals surface area (Å²) in [5, 5.41) is 0. The van der Waals surface area contributed by atoms with Crippen LogP contribution in [0.25, 0.3) is 0 Å². The van der Waals surface area contributed by atoms with Gasteiger partial charge in [0.05, 0.1) is 19.4 Å². The zero-order valence-corrected chi connectivity index (χ0v) is 15.3. The van der Waals surface area contributed by atoms with E-state index in [1.807, 2.05) is 34.8 Å². The third kappa shape index (κ3) is 4.35. The summed E-state index contributed by atoms with van der Waals surface area (Å²) in [6, 6.07) is 7.51. The number of hydrogen-bond acceptors (Lipinski definition) is 4. The fraction of sp³-hybridized carbons (Fsp3) is 0.474. The molecule has 7 nitrogen and oxygen atoms in total. The van der Waals surface area contributed by atoms with Gasteiger partial charge in [-0.25, -0.2) is 0 Å². The van der Waals surface area contributed by atoms with Crippen molar-refractivity contribution >= 4 is 11.8 Å². The predicted molar refractivity (Wildman–Crippen MR) is 95.5 cm³/mol. The van der Waals surface area contributed by atoms with Crippen LogP contribution in [-0.4, -0.2) is 59.0 Å². The first kappa shape index (κ1) is 18.3. The van der Waals surface area contributed by atoms with E-state index in [4.69, 9.17) is 9.15 Å².